The molecule has 38 heavy (non-hydrogen) atoms. The fourth-order valence-electron chi connectivity index (χ4n) is 6.25. The van der Waals surface area contributed by atoms with Gasteiger partial charge in [0, 0.05) is 11.9 Å². The fourth-order valence-corrected chi connectivity index (χ4v) is 7.04. The fraction of sp³-hybridized carbons (Fsp3) is 0.370. The first-order valence-corrected chi connectivity index (χ1v) is 14.2. The lowest BCUT2D eigenvalue weighted by atomic mass is 9.66. The number of sulfone groups is 1. The van der Waals surface area contributed by atoms with Crippen molar-refractivity contribution in [2.75, 3.05) is 5.75 Å². The Kier molecular flexibility index (Phi) is 5.50. The SMILES string of the molecule is CCS(=O)(=O)Cc1coc(-c2cncc([C@@]34CC[C@@H](c5cc(-c6c(F)cccc6F)nnc53)C4(C)C)n2)n1. The van der Waals surface area contributed by atoms with Crippen LogP contribution in [0.1, 0.15) is 62.2 Å². The van der Waals surface area contributed by atoms with Gasteiger partial charge in [-0.15, -0.1) is 5.10 Å². The highest BCUT2D eigenvalue weighted by Crippen LogP contribution is 2.69. The number of nitrogens with zero attached hydrogens (tertiary/aromatic N) is 5. The average molecular weight is 538 g/mol. The van der Waals surface area contributed by atoms with Crippen LogP contribution < -0.4 is 0 Å². The average Bonchev–Trinajstić information content (AvgIpc) is 3.51. The van der Waals surface area contributed by atoms with E-state index in [1.807, 2.05) is 0 Å². The second-order valence-electron chi connectivity index (χ2n) is 10.5. The molecule has 3 heterocycles. The van der Waals surface area contributed by atoms with Gasteiger partial charge in [-0.25, -0.2) is 27.2 Å². The number of oxazole rings is 1. The van der Waals surface area contributed by atoms with Gasteiger partial charge < -0.3 is 4.42 Å². The van der Waals surface area contributed by atoms with Crippen LogP contribution in [0, 0.1) is 17.0 Å². The van der Waals surface area contributed by atoms with Crippen LogP contribution in [0.4, 0.5) is 8.78 Å². The molecule has 0 unspecified atom stereocenters. The van der Waals surface area contributed by atoms with Crippen LogP contribution in [0.5, 0.6) is 0 Å². The van der Waals surface area contributed by atoms with E-state index < -0.39 is 26.9 Å². The van der Waals surface area contributed by atoms with Crippen LogP contribution in [-0.2, 0) is 21.0 Å². The van der Waals surface area contributed by atoms with E-state index in [9.17, 15) is 17.2 Å². The first kappa shape index (κ1) is 24.7. The van der Waals surface area contributed by atoms with Crippen molar-refractivity contribution >= 4 is 9.84 Å². The van der Waals surface area contributed by atoms with E-state index >= 15 is 0 Å². The Morgan fingerprint density at radius 3 is 2.58 bits per heavy atom. The van der Waals surface area contributed by atoms with Crippen LogP contribution in [0.15, 0.2) is 47.3 Å². The van der Waals surface area contributed by atoms with E-state index in [0.29, 0.717) is 17.1 Å². The minimum absolute atomic E-state index is 0.00890. The van der Waals surface area contributed by atoms with Crippen molar-refractivity contribution < 1.29 is 21.6 Å². The van der Waals surface area contributed by atoms with Gasteiger partial charge in [-0.2, -0.15) is 5.10 Å². The molecule has 11 heteroatoms. The monoisotopic (exact) mass is 537 g/mol. The molecule has 3 aromatic heterocycles. The maximum atomic E-state index is 14.5. The molecule has 1 aromatic carbocycles. The van der Waals surface area contributed by atoms with E-state index in [4.69, 9.17) is 9.40 Å². The number of rotatable bonds is 6. The maximum absolute atomic E-state index is 14.5. The van der Waals surface area contributed by atoms with Gasteiger partial charge in [0.25, 0.3) is 0 Å². The Morgan fingerprint density at radius 2 is 1.84 bits per heavy atom. The molecular weight excluding hydrogens is 512 g/mol. The molecule has 0 amide bonds. The number of halogens is 2. The summed E-state index contributed by atoms with van der Waals surface area (Å²) in [7, 11) is -3.27. The third-order valence-corrected chi connectivity index (χ3v) is 9.87. The molecule has 2 bridgehead atoms. The lowest BCUT2D eigenvalue weighted by molar-refractivity contribution is 0.242. The van der Waals surface area contributed by atoms with Gasteiger partial charge in [0.15, 0.2) is 9.84 Å². The van der Waals surface area contributed by atoms with Crippen LogP contribution in [0.3, 0.4) is 0 Å². The van der Waals surface area contributed by atoms with Crippen molar-refractivity contribution in [2.45, 2.75) is 50.7 Å². The molecule has 2 atom stereocenters. The van der Waals surface area contributed by atoms with Gasteiger partial charge in [0.1, 0.15) is 23.6 Å². The van der Waals surface area contributed by atoms with E-state index in [0.717, 1.165) is 24.1 Å². The van der Waals surface area contributed by atoms with Crippen molar-refractivity contribution in [3.05, 3.63) is 77.2 Å². The zero-order valence-electron chi connectivity index (χ0n) is 21.1. The molecule has 0 aliphatic heterocycles. The number of hydrogen-bond donors (Lipinski definition) is 0. The van der Waals surface area contributed by atoms with Gasteiger partial charge in [0.05, 0.1) is 45.7 Å². The van der Waals surface area contributed by atoms with E-state index in [-0.39, 0.29) is 40.0 Å². The summed E-state index contributed by atoms with van der Waals surface area (Å²) in [4.78, 5) is 13.6. The zero-order chi connectivity index (χ0) is 26.9. The van der Waals surface area contributed by atoms with E-state index in [2.05, 4.69) is 34.0 Å². The number of aromatic nitrogens is 5. The summed E-state index contributed by atoms with van der Waals surface area (Å²) >= 11 is 0. The number of hydrogen-bond acceptors (Lipinski definition) is 8. The second kappa shape index (κ2) is 8.45. The quantitative estimate of drug-likeness (QED) is 0.338. The molecule has 1 saturated carbocycles. The molecule has 0 spiro atoms. The minimum Gasteiger partial charge on any atom is -0.443 e. The van der Waals surface area contributed by atoms with Crippen LogP contribution >= 0.6 is 0 Å². The predicted molar refractivity (Wildman–Crippen MR) is 135 cm³/mol. The van der Waals surface area contributed by atoms with Crippen LogP contribution in [0.2, 0.25) is 0 Å². The largest absolute Gasteiger partial charge is 0.443 e. The van der Waals surface area contributed by atoms with E-state index in [1.165, 1.54) is 30.7 Å². The number of fused-ring (bicyclic) bond motifs is 5. The summed E-state index contributed by atoms with van der Waals surface area (Å²) in [6, 6.07) is 5.48. The highest BCUT2D eigenvalue weighted by Gasteiger charge is 2.65. The standard InChI is InChI=1S/C27H25F2N5O3S/c1-4-38(35,36)14-15-13-37-25(31-15)21-11-30-12-22(32-21)27-9-8-17(26(27,2)3)16-10-20(33-34-24(16)27)23-18(28)6-5-7-19(23)29/h5-7,10-13,17H,4,8-9,14H2,1-3H3/t17-,27-/m0/s1. The predicted octanol–water partition coefficient (Wildman–Crippen LogP) is 5.00. The van der Waals surface area contributed by atoms with Crippen molar-refractivity contribution in [3.63, 3.8) is 0 Å². The zero-order valence-corrected chi connectivity index (χ0v) is 21.9. The van der Waals surface area contributed by atoms with Crippen molar-refractivity contribution in [1.29, 1.82) is 0 Å². The van der Waals surface area contributed by atoms with Crippen LogP contribution in [-0.4, -0.2) is 39.3 Å². The third-order valence-electron chi connectivity index (χ3n) is 8.25. The van der Waals surface area contributed by atoms with Crippen molar-refractivity contribution in [1.82, 2.24) is 25.1 Å². The molecular formula is C27H25F2N5O3S. The summed E-state index contributed by atoms with van der Waals surface area (Å²) in [5.41, 5.74) is 1.99. The smallest absolute Gasteiger partial charge is 0.246 e. The highest BCUT2D eigenvalue weighted by atomic mass is 32.2. The van der Waals surface area contributed by atoms with Gasteiger partial charge in [0.2, 0.25) is 5.89 Å². The first-order chi connectivity index (χ1) is 18.1. The molecule has 2 aliphatic carbocycles. The Balaban J connectivity index is 1.43. The van der Waals surface area contributed by atoms with Gasteiger partial charge in [-0.1, -0.05) is 26.8 Å². The Morgan fingerprint density at radius 1 is 1.08 bits per heavy atom. The normalized spacial score (nSPS) is 21.6. The highest BCUT2D eigenvalue weighted by molar-refractivity contribution is 7.90. The molecule has 196 valence electrons. The second-order valence-corrected chi connectivity index (χ2v) is 12.8. The summed E-state index contributed by atoms with van der Waals surface area (Å²) in [6.45, 7) is 5.87. The molecule has 1 fully saturated rings. The Bertz CT molecular complexity index is 1670. The first-order valence-electron chi connectivity index (χ1n) is 12.4. The lowest BCUT2D eigenvalue weighted by Crippen LogP contribution is -2.38. The van der Waals surface area contributed by atoms with Crippen molar-refractivity contribution in [2.24, 2.45) is 5.41 Å². The topological polar surface area (TPSA) is 112 Å². The van der Waals surface area contributed by atoms with Gasteiger partial charge in [-0.3, -0.25) is 4.98 Å². The number of benzene rings is 1. The van der Waals surface area contributed by atoms with Gasteiger partial charge >= 0.3 is 0 Å². The maximum Gasteiger partial charge on any atom is 0.246 e. The van der Waals surface area contributed by atoms with Gasteiger partial charge in [-0.05, 0) is 47.9 Å². The van der Waals surface area contributed by atoms with E-state index in [1.54, 1.807) is 19.2 Å². The molecule has 4 aromatic rings. The molecule has 8 nitrogen and oxygen atoms in total. The van der Waals surface area contributed by atoms with Crippen LogP contribution in [0.25, 0.3) is 22.8 Å². The summed E-state index contributed by atoms with van der Waals surface area (Å²) in [6.07, 6.45) is 6.14. The molecule has 0 saturated heterocycles. The minimum atomic E-state index is -3.27. The molecule has 2 aliphatic rings. The summed E-state index contributed by atoms with van der Waals surface area (Å²) in [5.74, 6) is -1.32. The molecule has 6 rings (SSSR count). The third kappa shape index (κ3) is 3.51. The molecule has 0 radical (unpaired) electrons. The Hall–Kier alpha value is -3.60. The summed E-state index contributed by atoms with van der Waals surface area (Å²) in [5, 5.41) is 8.80. The Labute approximate surface area is 218 Å². The summed E-state index contributed by atoms with van der Waals surface area (Å²) < 4.78 is 58.6. The molecule has 0 N–H and O–H groups in total. The lowest BCUT2D eigenvalue weighted by Gasteiger charge is -2.37. The van der Waals surface area contributed by atoms with Crippen molar-refractivity contribution in [3.8, 4) is 22.8 Å².